The third-order valence-electron chi connectivity index (χ3n) is 4.38. The molecule has 3 aromatic carbocycles. The molecule has 0 aromatic heterocycles. The molecule has 9 heteroatoms. The van der Waals surface area contributed by atoms with Gasteiger partial charge in [0, 0.05) is 9.92 Å². The Balaban J connectivity index is 1.79. The molecule has 0 bridgehead atoms. The van der Waals surface area contributed by atoms with Gasteiger partial charge in [-0.15, -0.1) is 0 Å². The molecule has 156 valence electrons. The molecule has 1 N–H and O–H groups in total. The van der Waals surface area contributed by atoms with E-state index in [0.29, 0.717) is 9.92 Å². The number of imide groups is 1. The SMILES string of the molecule is O=C1C(Nc2ccccc2F)=C(Sc2ccc(Cl)cc2)C(=O)N1c1cccc(Cl)c1Cl. The molecule has 2 amide bonds. The van der Waals surface area contributed by atoms with E-state index >= 15 is 0 Å². The number of amides is 2. The molecule has 0 aliphatic carbocycles. The van der Waals surface area contributed by atoms with Gasteiger partial charge in [0.15, 0.2) is 0 Å². The molecule has 0 fully saturated rings. The first-order valence-corrected chi connectivity index (χ1v) is 10.8. The molecular weight excluding hydrogens is 482 g/mol. The summed E-state index contributed by atoms with van der Waals surface area (Å²) >= 11 is 19.3. The third-order valence-corrected chi connectivity index (χ3v) is 6.53. The summed E-state index contributed by atoms with van der Waals surface area (Å²) < 4.78 is 14.2. The minimum Gasteiger partial charge on any atom is -0.348 e. The van der Waals surface area contributed by atoms with Crippen LogP contribution in [-0.4, -0.2) is 11.8 Å². The number of nitrogens with one attached hydrogen (secondary N) is 1. The van der Waals surface area contributed by atoms with Gasteiger partial charge in [0.1, 0.15) is 16.4 Å². The van der Waals surface area contributed by atoms with Crippen molar-refractivity contribution in [3.05, 3.63) is 98.2 Å². The second kappa shape index (κ2) is 8.93. The van der Waals surface area contributed by atoms with Crippen LogP contribution in [0.4, 0.5) is 15.8 Å². The van der Waals surface area contributed by atoms with Crippen molar-refractivity contribution in [2.24, 2.45) is 0 Å². The summed E-state index contributed by atoms with van der Waals surface area (Å²) in [5, 5.41) is 3.57. The van der Waals surface area contributed by atoms with E-state index in [4.69, 9.17) is 34.8 Å². The van der Waals surface area contributed by atoms with Crippen LogP contribution < -0.4 is 10.2 Å². The fraction of sp³-hybridized carbons (Fsp3) is 0. The van der Waals surface area contributed by atoms with Crippen LogP contribution >= 0.6 is 46.6 Å². The number of rotatable bonds is 5. The summed E-state index contributed by atoms with van der Waals surface area (Å²) in [5.74, 6) is -1.84. The Morgan fingerprint density at radius 2 is 1.55 bits per heavy atom. The lowest BCUT2D eigenvalue weighted by atomic mass is 10.2. The van der Waals surface area contributed by atoms with Gasteiger partial charge in [-0.05, 0) is 48.5 Å². The average molecular weight is 494 g/mol. The molecular formula is C22H12Cl3FN2O2S. The van der Waals surface area contributed by atoms with E-state index in [1.165, 1.54) is 24.3 Å². The molecule has 0 saturated heterocycles. The van der Waals surface area contributed by atoms with Crippen LogP contribution in [0.15, 0.2) is 82.2 Å². The molecule has 0 radical (unpaired) electrons. The van der Waals surface area contributed by atoms with Crippen LogP contribution in [0.25, 0.3) is 0 Å². The lowest BCUT2D eigenvalue weighted by molar-refractivity contribution is -0.120. The first kappa shape index (κ1) is 21.7. The van der Waals surface area contributed by atoms with E-state index in [0.717, 1.165) is 16.7 Å². The van der Waals surface area contributed by atoms with E-state index in [-0.39, 0.29) is 32.0 Å². The second-order valence-corrected chi connectivity index (χ2v) is 8.69. The van der Waals surface area contributed by atoms with E-state index in [9.17, 15) is 14.0 Å². The van der Waals surface area contributed by atoms with Gasteiger partial charge in [-0.2, -0.15) is 0 Å². The van der Waals surface area contributed by atoms with Gasteiger partial charge in [-0.1, -0.05) is 64.8 Å². The zero-order chi connectivity index (χ0) is 22.1. The number of halogens is 4. The Labute approximate surface area is 196 Å². The van der Waals surface area contributed by atoms with E-state index < -0.39 is 17.6 Å². The highest BCUT2D eigenvalue weighted by Crippen LogP contribution is 2.41. The number of anilines is 2. The quantitative estimate of drug-likeness (QED) is 0.398. The molecule has 0 unspecified atom stereocenters. The largest absolute Gasteiger partial charge is 0.348 e. The normalized spacial score (nSPS) is 13.9. The van der Waals surface area contributed by atoms with Crippen molar-refractivity contribution in [3.8, 4) is 0 Å². The summed E-state index contributed by atoms with van der Waals surface area (Å²) in [4.78, 5) is 28.3. The number of benzene rings is 3. The summed E-state index contributed by atoms with van der Waals surface area (Å²) in [7, 11) is 0. The predicted octanol–water partition coefficient (Wildman–Crippen LogP) is 6.78. The van der Waals surface area contributed by atoms with Crippen molar-refractivity contribution in [3.63, 3.8) is 0 Å². The topological polar surface area (TPSA) is 49.4 Å². The highest BCUT2D eigenvalue weighted by atomic mass is 35.5. The first-order chi connectivity index (χ1) is 14.9. The monoisotopic (exact) mass is 492 g/mol. The Kier molecular flexibility index (Phi) is 6.25. The summed E-state index contributed by atoms with van der Waals surface area (Å²) in [6.45, 7) is 0. The van der Waals surface area contributed by atoms with Crippen LogP contribution in [0, 0.1) is 5.82 Å². The van der Waals surface area contributed by atoms with Crippen LogP contribution in [0.2, 0.25) is 15.1 Å². The van der Waals surface area contributed by atoms with E-state index in [1.807, 2.05) is 0 Å². The maximum Gasteiger partial charge on any atom is 0.283 e. The molecule has 1 heterocycles. The van der Waals surface area contributed by atoms with Gasteiger partial charge in [-0.25, -0.2) is 9.29 Å². The number of nitrogens with zero attached hydrogens (tertiary/aromatic N) is 1. The lowest BCUT2D eigenvalue weighted by Crippen LogP contribution is -2.32. The van der Waals surface area contributed by atoms with Gasteiger partial charge >= 0.3 is 0 Å². The molecule has 1 aliphatic heterocycles. The molecule has 4 nitrogen and oxygen atoms in total. The van der Waals surface area contributed by atoms with Gasteiger partial charge in [0.25, 0.3) is 11.8 Å². The first-order valence-electron chi connectivity index (χ1n) is 8.89. The molecule has 0 saturated carbocycles. The highest BCUT2D eigenvalue weighted by molar-refractivity contribution is 8.04. The minimum absolute atomic E-state index is 0.0619. The lowest BCUT2D eigenvalue weighted by Gasteiger charge is -2.17. The van der Waals surface area contributed by atoms with Crippen molar-refractivity contribution < 1.29 is 14.0 Å². The Bertz CT molecular complexity index is 1230. The minimum atomic E-state index is -0.672. The van der Waals surface area contributed by atoms with Gasteiger partial charge in [0.05, 0.1) is 21.4 Å². The summed E-state index contributed by atoms with van der Waals surface area (Å²) in [5.41, 5.74) is 0.140. The number of para-hydroxylation sites is 1. The molecule has 1 aliphatic rings. The van der Waals surface area contributed by atoms with Crippen molar-refractivity contribution in [2.75, 3.05) is 10.2 Å². The van der Waals surface area contributed by atoms with E-state index in [1.54, 1.807) is 42.5 Å². The van der Waals surface area contributed by atoms with Crippen molar-refractivity contribution in [2.45, 2.75) is 4.90 Å². The van der Waals surface area contributed by atoms with Crippen LogP contribution in [0.1, 0.15) is 0 Å². The maximum absolute atomic E-state index is 14.2. The third kappa shape index (κ3) is 4.29. The zero-order valence-electron chi connectivity index (χ0n) is 15.5. The number of hydrogen-bond donors (Lipinski definition) is 1. The average Bonchev–Trinajstić information content (AvgIpc) is 2.97. The van der Waals surface area contributed by atoms with Crippen LogP contribution in [-0.2, 0) is 9.59 Å². The smallest absolute Gasteiger partial charge is 0.283 e. The standard InChI is InChI=1S/C22H12Cl3FN2O2S/c23-12-8-10-13(11-9-12)31-20-19(27-16-6-2-1-5-15(16)26)21(29)28(22(20)30)17-7-3-4-14(24)18(17)25/h1-11,27H. The van der Waals surface area contributed by atoms with Crippen LogP contribution in [0.5, 0.6) is 0 Å². The number of thioether (sulfide) groups is 1. The Hall–Kier alpha value is -2.51. The summed E-state index contributed by atoms with van der Waals surface area (Å²) in [6, 6.07) is 17.3. The van der Waals surface area contributed by atoms with E-state index in [2.05, 4.69) is 5.32 Å². The summed E-state index contributed by atoms with van der Waals surface area (Å²) in [6.07, 6.45) is 0. The number of carbonyl (C=O) groups is 2. The second-order valence-electron chi connectivity index (χ2n) is 6.38. The molecule has 31 heavy (non-hydrogen) atoms. The van der Waals surface area contributed by atoms with Gasteiger partial charge in [0.2, 0.25) is 0 Å². The van der Waals surface area contributed by atoms with Gasteiger partial charge in [-0.3, -0.25) is 9.59 Å². The highest BCUT2D eigenvalue weighted by Gasteiger charge is 2.41. The van der Waals surface area contributed by atoms with Crippen molar-refractivity contribution >= 4 is 69.8 Å². The molecule has 4 rings (SSSR count). The fourth-order valence-corrected chi connectivity index (χ4v) is 4.35. The number of carbonyl (C=O) groups excluding carboxylic acids is 2. The fourth-order valence-electron chi connectivity index (χ4n) is 2.92. The number of hydrogen-bond acceptors (Lipinski definition) is 4. The van der Waals surface area contributed by atoms with Gasteiger partial charge < -0.3 is 5.32 Å². The molecule has 0 atom stereocenters. The predicted molar refractivity (Wildman–Crippen MR) is 123 cm³/mol. The van der Waals surface area contributed by atoms with Crippen molar-refractivity contribution in [1.29, 1.82) is 0 Å². The Morgan fingerprint density at radius 3 is 2.26 bits per heavy atom. The Morgan fingerprint density at radius 1 is 0.839 bits per heavy atom. The van der Waals surface area contributed by atoms with Crippen LogP contribution in [0.3, 0.4) is 0 Å². The molecule has 0 spiro atoms. The molecule has 3 aromatic rings. The maximum atomic E-state index is 14.2. The van der Waals surface area contributed by atoms with Crippen molar-refractivity contribution in [1.82, 2.24) is 0 Å². The zero-order valence-corrected chi connectivity index (χ0v) is 18.6.